The largest absolute Gasteiger partial charge is 0.496 e. The molecule has 0 aliphatic carbocycles. The Morgan fingerprint density at radius 1 is 1.21 bits per heavy atom. The zero-order chi connectivity index (χ0) is 21.0. The molecule has 0 aliphatic heterocycles. The minimum Gasteiger partial charge on any atom is -0.496 e. The van der Waals surface area contributed by atoms with Crippen molar-refractivity contribution in [2.75, 3.05) is 7.11 Å². The van der Waals surface area contributed by atoms with Crippen molar-refractivity contribution in [1.82, 2.24) is 10.2 Å². The van der Waals surface area contributed by atoms with Gasteiger partial charge in [0.15, 0.2) is 5.78 Å². The molecule has 0 radical (unpaired) electrons. The maximum absolute atomic E-state index is 12.4. The van der Waals surface area contributed by atoms with Crippen LogP contribution >= 0.6 is 11.6 Å². The number of carbonyl (C=O) groups excluding carboxylic acids is 1. The molecule has 2 aromatic carbocycles. The number of hydrogen-bond acceptors (Lipinski definition) is 5. The van der Waals surface area contributed by atoms with Gasteiger partial charge in [0, 0.05) is 21.7 Å². The lowest BCUT2D eigenvalue weighted by atomic mass is 10.0. The van der Waals surface area contributed by atoms with Crippen LogP contribution in [0, 0.1) is 6.92 Å². The molecule has 3 rings (SSSR count). The van der Waals surface area contributed by atoms with Crippen LogP contribution in [0.1, 0.15) is 32.7 Å². The van der Waals surface area contributed by atoms with Gasteiger partial charge in [-0.05, 0) is 66.6 Å². The highest BCUT2D eigenvalue weighted by molar-refractivity contribution is 6.31. The van der Waals surface area contributed by atoms with Crippen LogP contribution in [0.3, 0.4) is 0 Å². The normalized spacial score (nSPS) is 11.2. The third kappa shape index (κ3) is 4.56. The van der Waals surface area contributed by atoms with E-state index in [1.165, 1.54) is 13.2 Å². The number of halogens is 1. The number of ketones is 1. The molecule has 0 aliphatic rings. The van der Waals surface area contributed by atoms with Gasteiger partial charge in [0.05, 0.1) is 31.7 Å². The van der Waals surface area contributed by atoms with Gasteiger partial charge < -0.3 is 14.9 Å². The van der Waals surface area contributed by atoms with Gasteiger partial charge in [0.2, 0.25) is 0 Å². The first-order valence-electron chi connectivity index (χ1n) is 8.92. The Kier molecular flexibility index (Phi) is 6.49. The van der Waals surface area contributed by atoms with Crippen molar-refractivity contribution < 1.29 is 19.7 Å². The highest BCUT2D eigenvalue weighted by atomic mass is 35.5. The number of benzene rings is 2. The summed E-state index contributed by atoms with van der Waals surface area (Å²) in [5.74, 6) is 0.333. The number of rotatable bonds is 7. The molecule has 0 amide bonds. The third-order valence-electron chi connectivity index (χ3n) is 4.60. The number of hydrogen-bond donors (Lipinski definition) is 3. The number of methoxy groups -OCH3 is 1. The number of ether oxygens (including phenoxy) is 1. The molecule has 1 aromatic heterocycles. The van der Waals surface area contributed by atoms with Crippen LogP contribution in [-0.2, 0) is 13.2 Å². The van der Waals surface area contributed by atoms with Crippen LogP contribution in [0.15, 0.2) is 42.5 Å². The average molecular weight is 413 g/mol. The van der Waals surface area contributed by atoms with Gasteiger partial charge in [-0.3, -0.25) is 9.89 Å². The molecule has 0 saturated heterocycles. The standard InChI is InChI=1S/C22H21ClN2O4/c1-13-7-14(3-5-19(13)23)21(28)6-4-17-10-20(25-24-17)15-8-16(11-26)18(12-27)22(9-15)29-2/h3-10,26-27H,11-12H2,1-2H3,(H,24,25)/b6-4+. The maximum Gasteiger partial charge on any atom is 0.185 e. The molecule has 29 heavy (non-hydrogen) atoms. The smallest absolute Gasteiger partial charge is 0.185 e. The first-order valence-corrected chi connectivity index (χ1v) is 9.30. The summed E-state index contributed by atoms with van der Waals surface area (Å²) in [5.41, 5.74) is 4.49. The summed E-state index contributed by atoms with van der Waals surface area (Å²) in [4.78, 5) is 12.4. The molecule has 0 spiro atoms. The number of aliphatic hydroxyl groups is 2. The molecule has 7 heteroatoms. The Morgan fingerprint density at radius 3 is 2.66 bits per heavy atom. The summed E-state index contributed by atoms with van der Waals surface area (Å²) < 4.78 is 5.32. The Hall–Kier alpha value is -2.93. The Balaban J connectivity index is 1.84. The molecule has 0 atom stereocenters. The second-order valence-electron chi connectivity index (χ2n) is 6.50. The van der Waals surface area contributed by atoms with E-state index in [2.05, 4.69) is 10.2 Å². The number of nitrogens with one attached hydrogen (secondary N) is 1. The van der Waals surface area contributed by atoms with Crippen LogP contribution in [0.2, 0.25) is 5.02 Å². The molecule has 0 unspecified atom stereocenters. The molecular weight excluding hydrogens is 392 g/mol. The van der Waals surface area contributed by atoms with Crippen LogP contribution in [0.4, 0.5) is 0 Å². The summed E-state index contributed by atoms with van der Waals surface area (Å²) in [7, 11) is 1.50. The van der Waals surface area contributed by atoms with Gasteiger partial charge in [-0.1, -0.05) is 11.6 Å². The van der Waals surface area contributed by atoms with Crippen molar-refractivity contribution in [2.24, 2.45) is 0 Å². The van der Waals surface area contributed by atoms with Crippen molar-refractivity contribution in [3.63, 3.8) is 0 Å². The highest BCUT2D eigenvalue weighted by Gasteiger charge is 2.13. The van der Waals surface area contributed by atoms with E-state index in [4.69, 9.17) is 16.3 Å². The fourth-order valence-corrected chi connectivity index (χ4v) is 3.10. The van der Waals surface area contributed by atoms with Crippen LogP contribution in [0.5, 0.6) is 5.75 Å². The van der Waals surface area contributed by atoms with Gasteiger partial charge in [0.25, 0.3) is 0 Å². The van der Waals surface area contributed by atoms with E-state index < -0.39 is 0 Å². The summed E-state index contributed by atoms with van der Waals surface area (Å²) >= 11 is 6.00. The lowest BCUT2D eigenvalue weighted by molar-refractivity contribution is 0.104. The monoisotopic (exact) mass is 412 g/mol. The predicted octanol–water partition coefficient (Wildman–Crippen LogP) is 3.93. The number of aliphatic hydroxyl groups excluding tert-OH is 2. The maximum atomic E-state index is 12.4. The number of allylic oxidation sites excluding steroid dienone is 1. The number of aromatic nitrogens is 2. The second kappa shape index (κ2) is 9.05. The zero-order valence-corrected chi connectivity index (χ0v) is 16.8. The second-order valence-corrected chi connectivity index (χ2v) is 6.91. The molecule has 0 fully saturated rings. The number of aromatic amines is 1. The summed E-state index contributed by atoms with van der Waals surface area (Å²) in [5, 5.41) is 26.9. The SMILES string of the molecule is COc1cc(-c2cc(/C=C/C(=O)c3ccc(Cl)c(C)c3)[nH]n2)cc(CO)c1CO. The van der Waals surface area contributed by atoms with E-state index in [0.29, 0.717) is 38.9 Å². The first kappa shape index (κ1) is 20.8. The molecule has 0 saturated carbocycles. The number of H-pyrrole nitrogens is 1. The molecule has 0 bridgehead atoms. The third-order valence-corrected chi connectivity index (χ3v) is 5.02. The Morgan fingerprint density at radius 2 is 2.00 bits per heavy atom. The topological polar surface area (TPSA) is 95.4 Å². The van der Waals surface area contributed by atoms with Gasteiger partial charge in [-0.2, -0.15) is 5.10 Å². The molecule has 150 valence electrons. The van der Waals surface area contributed by atoms with E-state index in [1.54, 1.807) is 42.5 Å². The van der Waals surface area contributed by atoms with Crippen molar-refractivity contribution in [1.29, 1.82) is 0 Å². The van der Waals surface area contributed by atoms with Gasteiger partial charge in [-0.25, -0.2) is 0 Å². The van der Waals surface area contributed by atoms with E-state index >= 15 is 0 Å². The highest BCUT2D eigenvalue weighted by Crippen LogP contribution is 2.30. The van der Waals surface area contributed by atoms with Crippen molar-refractivity contribution in [2.45, 2.75) is 20.1 Å². The van der Waals surface area contributed by atoms with Gasteiger partial charge in [0.1, 0.15) is 5.75 Å². The number of carbonyl (C=O) groups is 1. The van der Waals surface area contributed by atoms with Crippen LogP contribution < -0.4 is 4.74 Å². The molecular formula is C22H21ClN2O4. The van der Waals surface area contributed by atoms with Gasteiger partial charge in [-0.15, -0.1) is 0 Å². The number of nitrogens with zero attached hydrogens (tertiary/aromatic N) is 1. The van der Waals surface area contributed by atoms with E-state index in [0.717, 1.165) is 11.1 Å². The minimum atomic E-state index is -0.236. The molecule has 1 heterocycles. The van der Waals surface area contributed by atoms with Gasteiger partial charge >= 0.3 is 0 Å². The quantitative estimate of drug-likeness (QED) is 0.403. The van der Waals surface area contributed by atoms with Crippen molar-refractivity contribution in [3.05, 3.63) is 75.4 Å². The average Bonchev–Trinajstić information content (AvgIpc) is 3.21. The number of aryl methyl sites for hydroxylation is 1. The van der Waals surface area contributed by atoms with Crippen LogP contribution in [0.25, 0.3) is 17.3 Å². The first-order chi connectivity index (χ1) is 14.0. The summed E-state index contributed by atoms with van der Waals surface area (Å²) in [6.45, 7) is 1.38. The molecule has 3 aromatic rings. The lowest BCUT2D eigenvalue weighted by Crippen LogP contribution is -1.99. The van der Waals surface area contributed by atoms with E-state index in [-0.39, 0.29) is 19.0 Å². The van der Waals surface area contributed by atoms with E-state index in [9.17, 15) is 15.0 Å². The zero-order valence-electron chi connectivity index (χ0n) is 16.1. The van der Waals surface area contributed by atoms with Crippen LogP contribution in [-0.4, -0.2) is 33.3 Å². The lowest BCUT2D eigenvalue weighted by Gasteiger charge is -2.12. The molecule has 3 N–H and O–H groups in total. The minimum absolute atomic E-state index is 0.141. The molecule has 6 nitrogen and oxygen atoms in total. The fourth-order valence-electron chi connectivity index (χ4n) is 2.98. The fraction of sp³-hybridized carbons (Fsp3) is 0.182. The van der Waals surface area contributed by atoms with Crippen molar-refractivity contribution in [3.8, 4) is 17.0 Å². The van der Waals surface area contributed by atoms with Crippen molar-refractivity contribution >= 4 is 23.5 Å². The summed E-state index contributed by atoms with van der Waals surface area (Å²) in [6, 6.07) is 10.4. The summed E-state index contributed by atoms with van der Waals surface area (Å²) in [6.07, 6.45) is 3.11. The Bertz CT molecular complexity index is 1050. The predicted molar refractivity (Wildman–Crippen MR) is 112 cm³/mol. The Labute approximate surface area is 173 Å². The van der Waals surface area contributed by atoms with E-state index in [1.807, 2.05) is 6.92 Å².